The first kappa shape index (κ1) is 23.9. The molecule has 1 atom stereocenters. The van der Waals surface area contributed by atoms with E-state index in [1.807, 2.05) is 55.4 Å². The number of carbonyl (C=O) groups excluding carboxylic acids is 1. The molecule has 3 aromatic rings. The second-order valence-corrected chi connectivity index (χ2v) is 9.67. The first-order valence-corrected chi connectivity index (χ1v) is 12.4. The SMILES string of the molecule is C#Cc1cccc(Nc2ncnc3cc(NC)c(OCCCN4CCC5(CCN(C)C5=O)C4)cc23)c1. The minimum Gasteiger partial charge on any atom is -0.491 e. The van der Waals surface area contributed by atoms with E-state index in [2.05, 4.69) is 31.4 Å². The Hall–Kier alpha value is -3.83. The fraction of sp³-hybridized carbons (Fsp3) is 0.393. The number of aromatic nitrogens is 2. The van der Waals surface area contributed by atoms with Gasteiger partial charge in [0, 0.05) is 50.4 Å². The Morgan fingerprint density at radius 2 is 2.06 bits per heavy atom. The number of anilines is 3. The Morgan fingerprint density at radius 3 is 2.83 bits per heavy atom. The van der Waals surface area contributed by atoms with Crippen LogP contribution in [0.25, 0.3) is 10.9 Å². The summed E-state index contributed by atoms with van der Waals surface area (Å²) in [5.74, 6) is 4.42. The average Bonchev–Trinajstić information content (AvgIpc) is 3.45. The summed E-state index contributed by atoms with van der Waals surface area (Å²) in [6.07, 6.45) is 9.92. The second kappa shape index (κ2) is 10.0. The van der Waals surface area contributed by atoms with Crippen LogP contribution in [0.4, 0.5) is 17.2 Å². The van der Waals surface area contributed by atoms with Crippen LogP contribution in [0.3, 0.4) is 0 Å². The van der Waals surface area contributed by atoms with E-state index in [1.54, 1.807) is 6.33 Å². The van der Waals surface area contributed by atoms with Crippen molar-refractivity contribution >= 4 is 34.0 Å². The molecular formula is C28H32N6O2. The molecule has 0 bridgehead atoms. The van der Waals surface area contributed by atoms with Crippen molar-refractivity contribution in [1.29, 1.82) is 0 Å². The van der Waals surface area contributed by atoms with Gasteiger partial charge in [0.1, 0.15) is 17.9 Å². The highest BCUT2D eigenvalue weighted by atomic mass is 16.5. The molecule has 2 aliphatic heterocycles. The summed E-state index contributed by atoms with van der Waals surface area (Å²) in [7, 11) is 3.79. The van der Waals surface area contributed by atoms with Gasteiger partial charge in [-0.05, 0) is 56.1 Å². The Morgan fingerprint density at radius 1 is 1.19 bits per heavy atom. The molecule has 8 heteroatoms. The molecule has 2 N–H and O–H groups in total. The molecule has 5 rings (SSSR count). The smallest absolute Gasteiger partial charge is 0.229 e. The van der Waals surface area contributed by atoms with Gasteiger partial charge in [0.2, 0.25) is 5.91 Å². The first-order chi connectivity index (χ1) is 17.5. The van der Waals surface area contributed by atoms with Gasteiger partial charge in [0.25, 0.3) is 0 Å². The molecule has 1 amide bonds. The average molecular weight is 485 g/mol. The Balaban J connectivity index is 1.25. The highest BCUT2D eigenvalue weighted by Gasteiger charge is 2.49. The molecule has 0 radical (unpaired) electrons. The predicted octanol–water partition coefficient (Wildman–Crippen LogP) is 3.72. The molecule has 1 spiro atoms. The van der Waals surface area contributed by atoms with Crippen LogP contribution in [0.5, 0.6) is 5.75 Å². The summed E-state index contributed by atoms with van der Waals surface area (Å²) in [5, 5.41) is 7.44. The van der Waals surface area contributed by atoms with Crippen molar-refractivity contribution in [2.45, 2.75) is 19.3 Å². The third-order valence-corrected chi connectivity index (χ3v) is 7.33. The molecule has 2 aromatic carbocycles. The van der Waals surface area contributed by atoms with Gasteiger partial charge >= 0.3 is 0 Å². The van der Waals surface area contributed by atoms with Crippen LogP contribution in [0.15, 0.2) is 42.7 Å². The summed E-state index contributed by atoms with van der Waals surface area (Å²) < 4.78 is 6.22. The van der Waals surface area contributed by atoms with Gasteiger partial charge in [-0.1, -0.05) is 12.0 Å². The van der Waals surface area contributed by atoms with Gasteiger partial charge in [0.05, 0.1) is 23.2 Å². The number of benzene rings is 2. The zero-order valence-corrected chi connectivity index (χ0v) is 20.9. The van der Waals surface area contributed by atoms with E-state index in [4.69, 9.17) is 11.2 Å². The number of fused-ring (bicyclic) bond motifs is 1. The summed E-state index contributed by atoms with van der Waals surface area (Å²) in [4.78, 5) is 25.8. The van der Waals surface area contributed by atoms with Crippen molar-refractivity contribution in [2.24, 2.45) is 5.41 Å². The molecule has 8 nitrogen and oxygen atoms in total. The molecule has 186 valence electrons. The maximum absolute atomic E-state index is 12.6. The number of ether oxygens (including phenoxy) is 1. The lowest BCUT2D eigenvalue weighted by atomic mass is 9.86. The Kier molecular flexibility index (Phi) is 6.66. The molecule has 1 unspecified atom stereocenters. The predicted molar refractivity (Wildman–Crippen MR) is 143 cm³/mol. The molecule has 0 saturated carbocycles. The molecule has 1 aromatic heterocycles. The van der Waals surface area contributed by atoms with Crippen LogP contribution >= 0.6 is 0 Å². The fourth-order valence-corrected chi connectivity index (χ4v) is 5.31. The van der Waals surface area contributed by atoms with Gasteiger partial charge in [-0.15, -0.1) is 6.42 Å². The van der Waals surface area contributed by atoms with E-state index in [0.29, 0.717) is 18.3 Å². The number of rotatable bonds is 8. The molecule has 0 aliphatic carbocycles. The van der Waals surface area contributed by atoms with Gasteiger partial charge in [-0.25, -0.2) is 9.97 Å². The van der Waals surface area contributed by atoms with Crippen molar-refractivity contribution < 1.29 is 9.53 Å². The topological polar surface area (TPSA) is 82.6 Å². The van der Waals surface area contributed by atoms with Gasteiger partial charge in [0.15, 0.2) is 0 Å². The van der Waals surface area contributed by atoms with Crippen molar-refractivity contribution in [3.63, 3.8) is 0 Å². The van der Waals surface area contributed by atoms with Gasteiger partial charge in [-0.3, -0.25) is 4.79 Å². The third-order valence-electron chi connectivity index (χ3n) is 7.33. The number of amides is 1. The fourth-order valence-electron chi connectivity index (χ4n) is 5.31. The number of nitrogens with one attached hydrogen (secondary N) is 2. The molecule has 2 aliphatic rings. The monoisotopic (exact) mass is 484 g/mol. The first-order valence-electron chi connectivity index (χ1n) is 12.4. The highest BCUT2D eigenvalue weighted by molar-refractivity contribution is 5.94. The van der Waals surface area contributed by atoms with Crippen LogP contribution in [0, 0.1) is 17.8 Å². The molecule has 36 heavy (non-hydrogen) atoms. The summed E-state index contributed by atoms with van der Waals surface area (Å²) in [6.45, 7) is 4.22. The van der Waals surface area contributed by atoms with Crippen molar-refractivity contribution in [1.82, 2.24) is 19.8 Å². The lowest BCUT2D eigenvalue weighted by Gasteiger charge is -2.22. The van der Waals surface area contributed by atoms with E-state index >= 15 is 0 Å². The summed E-state index contributed by atoms with van der Waals surface area (Å²) in [5.41, 5.74) is 3.19. The van der Waals surface area contributed by atoms with Crippen LogP contribution in [-0.2, 0) is 4.79 Å². The van der Waals surface area contributed by atoms with Crippen LogP contribution < -0.4 is 15.4 Å². The highest BCUT2D eigenvalue weighted by Crippen LogP contribution is 2.40. The zero-order valence-electron chi connectivity index (χ0n) is 20.9. The van der Waals surface area contributed by atoms with Crippen molar-refractivity contribution in [3.8, 4) is 18.1 Å². The summed E-state index contributed by atoms with van der Waals surface area (Å²) in [6, 6.07) is 11.6. The van der Waals surface area contributed by atoms with Crippen molar-refractivity contribution in [3.05, 3.63) is 48.3 Å². The maximum atomic E-state index is 12.6. The number of terminal acetylenes is 1. The standard InChI is InChI=1S/C28H32N6O2/c1-4-20-7-5-8-21(15-20)32-26-22-16-25(24(29-2)17-23(22)30-19-31-26)36-14-6-11-34-13-10-28(18-34)9-12-33(3)27(28)35/h1,5,7-8,15-17,19,29H,6,9-14,18H2,2-3H3,(H,30,31,32). The van der Waals surface area contributed by atoms with Crippen LogP contribution in [0.2, 0.25) is 0 Å². The lowest BCUT2D eigenvalue weighted by Crippen LogP contribution is -2.35. The zero-order chi connectivity index (χ0) is 25.1. The van der Waals surface area contributed by atoms with Gasteiger partial charge in [-0.2, -0.15) is 0 Å². The third kappa shape index (κ3) is 4.67. The molecular weight excluding hydrogens is 452 g/mol. The lowest BCUT2D eigenvalue weighted by molar-refractivity contribution is -0.134. The minimum absolute atomic E-state index is 0.156. The number of carbonyl (C=O) groups is 1. The maximum Gasteiger partial charge on any atom is 0.229 e. The number of hydrogen-bond donors (Lipinski definition) is 2. The number of nitrogens with zero attached hydrogens (tertiary/aromatic N) is 4. The van der Waals surface area contributed by atoms with Crippen LogP contribution in [-0.4, -0.2) is 72.6 Å². The van der Waals surface area contributed by atoms with E-state index in [1.165, 1.54) is 0 Å². The Bertz CT molecular complexity index is 1320. The minimum atomic E-state index is -0.156. The van der Waals surface area contributed by atoms with Crippen LogP contribution in [0.1, 0.15) is 24.8 Å². The second-order valence-electron chi connectivity index (χ2n) is 9.67. The largest absolute Gasteiger partial charge is 0.491 e. The van der Waals surface area contributed by atoms with Crippen molar-refractivity contribution in [2.75, 3.05) is 57.5 Å². The number of likely N-dealkylation sites (tertiary alicyclic amines) is 2. The quantitative estimate of drug-likeness (QED) is 0.372. The van der Waals surface area contributed by atoms with E-state index in [-0.39, 0.29) is 5.41 Å². The molecule has 3 heterocycles. The van der Waals surface area contributed by atoms with Gasteiger partial charge < -0.3 is 25.2 Å². The van der Waals surface area contributed by atoms with E-state index in [0.717, 1.165) is 79.0 Å². The van der Waals surface area contributed by atoms with E-state index < -0.39 is 0 Å². The molecule has 2 fully saturated rings. The Labute approximate surface area is 212 Å². The summed E-state index contributed by atoms with van der Waals surface area (Å²) >= 11 is 0. The normalized spacial score (nSPS) is 19.7. The number of hydrogen-bond acceptors (Lipinski definition) is 7. The molecule has 2 saturated heterocycles. The van der Waals surface area contributed by atoms with E-state index in [9.17, 15) is 4.79 Å².